The minimum atomic E-state index is 0.0581. The number of hydrogen-bond acceptors (Lipinski definition) is 2. The van der Waals surface area contributed by atoms with Crippen LogP contribution >= 0.6 is 12.2 Å². The van der Waals surface area contributed by atoms with E-state index in [-0.39, 0.29) is 17.7 Å². The summed E-state index contributed by atoms with van der Waals surface area (Å²) in [5, 5.41) is 0. The van der Waals surface area contributed by atoms with Crippen molar-refractivity contribution in [3.05, 3.63) is 42.0 Å². The molecule has 1 heterocycles. The number of carbonyl (C=O) groups is 1. The summed E-state index contributed by atoms with van der Waals surface area (Å²) in [7, 11) is 0. The van der Waals surface area contributed by atoms with Gasteiger partial charge in [-0.1, -0.05) is 42.1 Å². The van der Waals surface area contributed by atoms with Gasteiger partial charge in [-0.25, -0.2) is 0 Å². The fourth-order valence-corrected chi connectivity index (χ4v) is 3.32. The molecule has 1 fully saturated rings. The third kappa shape index (κ3) is 1.70. The molecule has 1 saturated heterocycles. The highest BCUT2D eigenvalue weighted by Crippen LogP contribution is 2.40. The van der Waals surface area contributed by atoms with Crippen molar-refractivity contribution in [1.82, 2.24) is 0 Å². The average molecular weight is 257 g/mol. The summed E-state index contributed by atoms with van der Waals surface area (Å²) in [6.07, 6.45) is 3.98. The molecule has 0 unspecified atom stereocenters. The van der Waals surface area contributed by atoms with Gasteiger partial charge in [-0.3, -0.25) is 9.69 Å². The number of anilines is 1. The normalized spacial score (nSPS) is 27.2. The molecule has 1 aliphatic heterocycles. The molecule has 0 saturated carbocycles. The fourth-order valence-electron chi connectivity index (χ4n) is 2.87. The molecule has 2 atom stereocenters. The van der Waals surface area contributed by atoms with E-state index >= 15 is 0 Å². The van der Waals surface area contributed by atoms with Gasteiger partial charge in [0.1, 0.15) is 0 Å². The third-order valence-corrected chi connectivity index (χ3v) is 4.32. The minimum absolute atomic E-state index is 0.0581. The highest BCUT2D eigenvalue weighted by Gasteiger charge is 2.45. The van der Waals surface area contributed by atoms with Crippen LogP contribution in [0.5, 0.6) is 0 Å². The molecule has 0 spiro atoms. The van der Waals surface area contributed by atoms with Crippen molar-refractivity contribution in [3.8, 4) is 0 Å². The quantitative estimate of drug-likeness (QED) is 0.568. The number of nitrogens with zero attached hydrogens (tertiary/aromatic N) is 1. The van der Waals surface area contributed by atoms with Gasteiger partial charge in [0.15, 0.2) is 0 Å². The first kappa shape index (κ1) is 11.6. The van der Waals surface area contributed by atoms with Crippen LogP contribution in [-0.2, 0) is 4.79 Å². The first-order chi connectivity index (χ1) is 8.68. The molecule has 0 aromatic heterocycles. The first-order valence-electron chi connectivity index (χ1n) is 6.27. The van der Waals surface area contributed by atoms with Gasteiger partial charge in [-0.15, -0.1) is 0 Å². The van der Waals surface area contributed by atoms with Crippen LogP contribution in [0.4, 0.5) is 5.69 Å². The molecule has 1 aromatic rings. The SMILES string of the molecule is CC1=CC[C@H]2C(=S)N(c3ccccc3)C(=O)[C@H]2C1. The Bertz CT molecular complexity index is 535. The second kappa shape index (κ2) is 4.32. The predicted molar refractivity (Wildman–Crippen MR) is 76.5 cm³/mol. The smallest absolute Gasteiger partial charge is 0.236 e. The van der Waals surface area contributed by atoms with Crippen molar-refractivity contribution in [2.75, 3.05) is 4.90 Å². The molecule has 0 bridgehead atoms. The van der Waals surface area contributed by atoms with Crippen LogP contribution < -0.4 is 4.90 Å². The van der Waals surface area contributed by atoms with Crippen LogP contribution in [0.3, 0.4) is 0 Å². The maximum atomic E-state index is 12.5. The maximum Gasteiger partial charge on any atom is 0.236 e. The van der Waals surface area contributed by atoms with Gasteiger partial charge in [0.2, 0.25) is 5.91 Å². The molecule has 3 rings (SSSR count). The van der Waals surface area contributed by atoms with E-state index in [1.807, 2.05) is 30.3 Å². The molecule has 2 aliphatic rings. The van der Waals surface area contributed by atoms with Crippen LogP contribution in [0.15, 0.2) is 42.0 Å². The van der Waals surface area contributed by atoms with Crippen LogP contribution in [0, 0.1) is 11.8 Å². The standard InChI is InChI=1S/C15H15NOS/c1-10-7-8-12-13(9-10)14(17)16(15(12)18)11-5-3-2-4-6-11/h2-7,12-13H,8-9H2,1H3/t12-,13+/m1/s1. The van der Waals surface area contributed by atoms with Crippen LogP contribution in [0.2, 0.25) is 0 Å². The van der Waals surface area contributed by atoms with Gasteiger partial charge in [0.25, 0.3) is 0 Å². The van der Waals surface area contributed by atoms with E-state index < -0.39 is 0 Å². The Morgan fingerprint density at radius 1 is 1.22 bits per heavy atom. The molecule has 0 N–H and O–H groups in total. The highest BCUT2D eigenvalue weighted by molar-refractivity contribution is 7.80. The Hall–Kier alpha value is -1.48. The fraction of sp³-hybridized carbons (Fsp3) is 0.333. The summed E-state index contributed by atoms with van der Waals surface area (Å²) in [5.41, 5.74) is 2.21. The summed E-state index contributed by atoms with van der Waals surface area (Å²) in [6.45, 7) is 2.09. The number of thiocarbonyl (C=S) groups is 1. The molecule has 2 nitrogen and oxygen atoms in total. The Labute approximate surface area is 112 Å². The zero-order valence-corrected chi connectivity index (χ0v) is 11.1. The molecule has 18 heavy (non-hydrogen) atoms. The summed E-state index contributed by atoms with van der Waals surface area (Å²) < 4.78 is 0. The van der Waals surface area contributed by atoms with Gasteiger partial charge >= 0.3 is 0 Å². The number of allylic oxidation sites excluding steroid dienone is 2. The van der Waals surface area contributed by atoms with E-state index in [0.29, 0.717) is 0 Å². The third-order valence-electron chi connectivity index (χ3n) is 3.84. The van der Waals surface area contributed by atoms with E-state index in [1.54, 1.807) is 4.90 Å². The van der Waals surface area contributed by atoms with Crippen LogP contribution in [0.1, 0.15) is 19.8 Å². The molecule has 1 amide bonds. The average Bonchev–Trinajstić information content (AvgIpc) is 2.63. The summed E-state index contributed by atoms with van der Waals surface area (Å²) in [6, 6.07) is 9.73. The van der Waals surface area contributed by atoms with Crippen molar-refractivity contribution in [2.24, 2.45) is 11.8 Å². The molecule has 0 radical (unpaired) electrons. The first-order valence-corrected chi connectivity index (χ1v) is 6.68. The monoisotopic (exact) mass is 257 g/mol. The number of para-hydroxylation sites is 1. The lowest BCUT2D eigenvalue weighted by Crippen LogP contribution is -2.29. The summed E-state index contributed by atoms with van der Waals surface area (Å²) in [5.74, 6) is 0.447. The van der Waals surface area contributed by atoms with Crippen LogP contribution in [0.25, 0.3) is 0 Å². The lowest BCUT2D eigenvalue weighted by molar-refractivity contribution is -0.121. The molecule has 3 heteroatoms. The second-order valence-electron chi connectivity index (χ2n) is 5.05. The number of benzene rings is 1. The van der Waals surface area contributed by atoms with Crippen molar-refractivity contribution in [1.29, 1.82) is 0 Å². The molecule has 92 valence electrons. The Balaban J connectivity index is 1.96. The van der Waals surface area contributed by atoms with Gasteiger partial charge < -0.3 is 0 Å². The second-order valence-corrected chi connectivity index (χ2v) is 5.47. The zero-order valence-electron chi connectivity index (χ0n) is 10.3. The Kier molecular flexibility index (Phi) is 2.78. The van der Waals surface area contributed by atoms with Crippen molar-refractivity contribution in [2.45, 2.75) is 19.8 Å². The number of fused-ring (bicyclic) bond motifs is 1. The Morgan fingerprint density at radius 3 is 2.67 bits per heavy atom. The van der Waals surface area contributed by atoms with Crippen molar-refractivity contribution < 1.29 is 4.79 Å². The highest BCUT2D eigenvalue weighted by atomic mass is 32.1. The molecule has 1 aromatic carbocycles. The number of rotatable bonds is 1. The van der Waals surface area contributed by atoms with Crippen LogP contribution in [-0.4, -0.2) is 10.9 Å². The van der Waals surface area contributed by atoms with Gasteiger partial charge in [-0.2, -0.15) is 0 Å². The largest absolute Gasteiger partial charge is 0.274 e. The van der Waals surface area contributed by atoms with E-state index in [4.69, 9.17) is 12.2 Å². The molecule has 1 aliphatic carbocycles. The van der Waals surface area contributed by atoms with E-state index in [2.05, 4.69) is 13.0 Å². The van der Waals surface area contributed by atoms with E-state index in [1.165, 1.54) is 5.57 Å². The zero-order chi connectivity index (χ0) is 12.7. The topological polar surface area (TPSA) is 20.3 Å². The van der Waals surface area contributed by atoms with E-state index in [0.717, 1.165) is 23.5 Å². The maximum absolute atomic E-state index is 12.5. The number of amides is 1. The van der Waals surface area contributed by atoms with Gasteiger partial charge in [-0.05, 0) is 31.9 Å². The number of hydrogen-bond donors (Lipinski definition) is 0. The number of carbonyl (C=O) groups excluding carboxylic acids is 1. The lowest BCUT2D eigenvalue weighted by atomic mass is 9.82. The summed E-state index contributed by atoms with van der Waals surface area (Å²) >= 11 is 5.51. The minimum Gasteiger partial charge on any atom is -0.274 e. The Morgan fingerprint density at radius 2 is 1.94 bits per heavy atom. The van der Waals surface area contributed by atoms with Crippen molar-refractivity contribution in [3.63, 3.8) is 0 Å². The van der Waals surface area contributed by atoms with Gasteiger partial charge in [0, 0.05) is 11.6 Å². The molecular weight excluding hydrogens is 242 g/mol. The van der Waals surface area contributed by atoms with E-state index in [9.17, 15) is 4.79 Å². The predicted octanol–water partition coefficient (Wildman–Crippen LogP) is 3.33. The molecular formula is C15H15NOS. The van der Waals surface area contributed by atoms with Crippen molar-refractivity contribution >= 4 is 28.8 Å². The summed E-state index contributed by atoms with van der Waals surface area (Å²) in [4.78, 5) is 15.0. The van der Waals surface area contributed by atoms with Gasteiger partial charge in [0.05, 0.1) is 10.9 Å². The lowest BCUT2D eigenvalue weighted by Gasteiger charge is -2.20.